The van der Waals surface area contributed by atoms with Crippen LogP contribution in [0.15, 0.2) is 12.2 Å². The second-order valence-electron chi connectivity index (χ2n) is 3.64. The molecule has 1 saturated heterocycles. The minimum absolute atomic E-state index is 0.0995. The monoisotopic (exact) mass is 212 g/mol. The number of rotatable bonds is 5. The lowest BCUT2D eigenvalue weighted by Gasteiger charge is -2.23. The summed E-state index contributed by atoms with van der Waals surface area (Å²) in [6.45, 7) is 4.93. The van der Waals surface area contributed by atoms with Crippen LogP contribution in [-0.2, 0) is 9.53 Å². The first-order chi connectivity index (χ1) is 7.33. The SMILES string of the molecule is C/C=C/CCNC(=O)CC1COCCN1. The van der Waals surface area contributed by atoms with E-state index in [4.69, 9.17) is 4.74 Å². The molecule has 1 fully saturated rings. The van der Waals surface area contributed by atoms with E-state index in [1.807, 2.05) is 19.1 Å². The van der Waals surface area contributed by atoms with E-state index in [1.165, 1.54) is 0 Å². The van der Waals surface area contributed by atoms with Crippen LogP contribution in [0.5, 0.6) is 0 Å². The van der Waals surface area contributed by atoms with Crippen molar-refractivity contribution >= 4 is 5.91 Å². The Bertz CT molecular complexity index is 211. The lowest BCUT2D eigenvalue weighted by molar-refractivity contribution is -0.122. The fraction of sp³-hybridized carbons (Fsp3) is 0.727. The van der Waals surface area contributed by atoms with Crippen LogP contribution in [0, 0.1) is 0 Å². The first-order valence-electron chi connectivity index (χ1n) is 5.52. The van der Waals surface area contributed by atoms with Gasteiger partial charge < -0.3 is 15.4 Å². The molecule has 1 rings (SSSR count). The molecule has 2 N–H and O–H groups in total. The van der Waals surface area contributed by atoms with Gasteiger partial charge in [-0.15, -0.1) is 0 Å². The Morgan fingerprint density at radius 3 is 3.20 bits per heavy atom. The smallest absolute Gasteiger partial charge is 0.221 e. The average Bonchev–Trinajstić information content (AvgIpc) is 2.26. The zero-order valence-corrected chi connectivity index (χ0v) is 9.29. The van der Waals surface area contributed by atoms with Crippen molar-refractivity contribution < 1.29 is 9.53 Å². The summed E-state index contributed by atoms with van der Waals surface area (Å²) in [7, 11) is 0. The molecular formula is C11H20N2O2. The molecule has 4 nitrogen and oxygen atoms in total. The zero-order valence-electron chi connectivity index (χ0n) is 9.29. The van der Waals surface area contributed by atoms with Crippen molar-refractivity contribution in [1.29, 1.82) is 0 Å². The van der Waals surface area contributed by atoms with Crippen LogP contribution in [0.2, 0.25) is 0 Å². The number of hydrogen-bond acceptors (Lipinski definition) is 3. The van der Waals surface area contributed by atoms with Gasteiger partial charge in [-0.05, 0) is 13.3 Å². The maximum atomic E-state index is 11.4. The largest absolute Gasteiger partial charge is 0.378 e. The van der Waals surface area contributed by atoms with Gasteiger partial charge in [-0.25, -0.2) is 0 Å². The summed E-state index contributed by atoms with van der Waals surface area (Å²) in [6, 6.07) is 0.181. The molecule has 1 atom stereocenters. The number of allylic oxidation sites excluding steroid dienone is 1. The zero-order chi connectivity index (χ0) is 10.9. The Balaban J connectivity index is 2.06. The first kappa shape index (κ1) is 12.2. The summed E-state index contributed by atoms with van der Waals surface area (Å²) in [4.78, 5) is 11.4. The topological polar surface area (TPSA) is 50.4 Å². The van der Waals surface area contributed by atoms with Crippen LogP contribution >= 0.6 is 0 Å². The fourth-order valence-electron chi connectivity index (χ4n) is 1.51. The number of amides is 1. The van der Waals surface area contributed by atoms with Gasteiger partial charge in [0.1, 0.15) is 0 Å². The maximum Gasteiger partial charge on any atom is 0.221 e. The highest BCUT2D eigenvalue weighted by atomic mass is 16.5. The highest BCUT2D eigenvalue weighted by Gasteiger charge is 2.15. The molecule has 86 valence electrons. The highest BCUT2D eigenvalue weighted by Crippen LogP contribution is 1.98. The maximum absolute atomic E-state index is 11.4. The number of nitrogens with one attached hydrogen (secondary N) is 2. The summed E-state index contributed by atoms with van der Waals surface area (Å²) >= 11 is 0. The number of ether oxygens (including phenoxy) is 1. The molecule has 0 aromatic rings. The van der Waals surface area contributed by atoms with Crippen LogP contribution in [-0.4, -0.2) is 38.3 Å². The van der Waals surface area contributed by atoms with Crippen LogP contribution in [0.25, 0.3) is 0 Å². The Labute approximate surface area is 91.1 Å². The van der Waals surface area contributed by atoms with Gasteiger partial charge in [-0.3, -0.25) is 4.79 Å². The lowest BCUT2D eigenvalue weighted by Crippen LogP contribution is -2.44. The normalized spacial score (nSPS) is 21.8. The van der Waals surface area contributed by atoms with Gasteiger partial charge in [-0.2, -0.15) is 0 Å². The second-order valence-corrected chi connectivity index (χ2v) is 3.64. The van der Waals surface area contributed by atoms with Crippen molar-refractivity contribution in [3.63, 3.8) is 0 Å². The molecule has 0 aromatic heterocycles. The van der Waals surface area contributed by atoms with Crippen LogP contribution in [0.1, 0.15) is 19.8 Å². The predicted molar refractivity (Wildman–Crippen MR) is 59.7 cm³/mol. The van der Waals surface area contributed by atoms with Crippen LogP contribution < -0.4 is 10.6 Å². The van der Waals surface area contributed by atoms with Crippen molar-refractivity contribution in [2.24, 2.45) is 0 Å². The van der Waals surface area contributed by atoms with Crippen molar-refractivity contribution in [3.8, 4) is 0 Å². The molecule has 0 spiro atoms. The molecule has 0 aliphatic carbocycles. The van der Waals surface area contributed by atoms with E-state index in [9.17, 15) is 4.79 Å². The molecule has 4 heteroatoms. The summed E-state index contributed by atoms with van der Waals surface area (Å²) in [5.41, 5.74) is 0. The number of hydrogen-bond donors (Lipinski definition) is 2. The average molecular weight is 212 g/mol. The molecule has 1 heterocycles. The molecule has 15 heavy (non-hydrogen) atoms. The second kappa shape index (κ2) is 7.43. The van der Waals surface area contributed by atoms with Gasteiger partial charge in [0, 0.05) is 25.6 Å². The third-order valence-electron chi connectivity index (χ3n) is 2.30. The highest BCUT2D eigenvalue weighted by molar-refractivity contribution is 5.76. The molecule has 1 aliphatic rings. The Morgan fingerprint density at radius 2 is 2.53 bits per heavy atom. The van der Waals surface area contributed by atoms with Gasteiger partial charge >= 0.3 is 0 Å². The number of morpholine rings is 1. The molecule has 0 bridgehead atoms. The van der Waals surface area contributed by atoms with E-state index in [0.29, 0.717) is 13.0 Å². The van der Waals surface area contributed by atoms with Crippen molar-refractivity contribution in [1.82, 2.24) is 10.6 Å². The Morgan fingerprint density at radius 1 is 1.67 bits per heavy atom. The summed E-state index contributed by atoms with van der Waals surface area (Å²) in [5.74, 6) is 0.0995. The standard InChI is InChI=1S/C11H20N2O2/c1-2-3-4-5-13-11(14)8-10-9-15-7-6-12-10/h2-3,10,12H,4-9H2,1H3,(H,13,14)/b3-2+. The third-order valence-corrected chi connectivity index (χ3v) is 2.30. The van der Waals surface area contributed by atoms with Gasteiger partial charge in [-0.1, -0.05) is 12.2 Å². The molecule has 0 aromatic carbocycles. The predicted octanol–water partition coefficient (Wildman–Crippen LogP) is 0.447. The minimum atomic E-state index is 0.0995. The molecular weight excluding hydrogens is 192 g/mol. The lowest BCUT2D eigenvalue weighted by atomic mass is 10.2. The number of carbonyl (C=O) groups excluding carboxylic acids is 1. The van der Waals surface area contributed by atoms with E-state index in [0.717, 1.165) is 26.1 Å². The quantitative estimate of drug-likeness (QED) is 0.514. The van der Waals surface area contributed by atoms with E-state index in [2.05, 4.69) is 10.6 Å². The Hall–Kier alpha value is -0.870. The van der Waals surface area contributed by atoms with Gasteiger partial charge in [0.05, 0.1) is 13.2 Å². The van der Waals surface area contributed by atoms with Gasteiger partial charge in [0.2, 0.25) is 5.91 Å². The molecule has 1 unspecified atom stereocenters. The van der Waals surface area contributed by atoms with Crippen molar-refractivity contribution in [2.75, 3.05) is 26.3 Å². The summed E-state index contributed by atoms with van der Waals surface area (Å²) in [5, 5.41) is 6.13. The van der Waals surface area contributed by atoms with Crippen LogP contribution in [0.4, 0.5) is 0 Å². The first-order valence-corrected chi connectivity index (χ1v) is 5.52. The molecule has 1 aliphatic heterocycles. The van der Waals surface area contributed by atoms with Crippen LogP contribution in [0.3, 0.4) is 0 Å². The fourth-order valence-corrected chi connectivity index (χ4v) is 1.51. The van der Waals surface area contributed by atoms with Crippen molar-refractivity contribution in [2.45, 2.75) is 25.8 Å². The molecule has 0 radical (unpaired) electrons. The van der Waals surface area contributed by atoms with E-state index in [-0.39, 0.29) is 11.9 Å². The summed E-state index contributed by atoms with van der Waals surface area (Å²) in [6.07, 6.45) is 5.44. The van der Waals surface area contributed by atoms with E-state index in [1.54, 1.807) is 0 Å². The third kappa shape index (κ3) is 5.54. The van der Waals surface area contributed by atoms with Gasteiger partial charge in [0.25, 0.3) is 0 Å². The van der Waals surface area contributed by atoms with Gasteiger partial charge in [0.15, 0.2) is 0 Å². The Kier molecular flexibility index (Phi) is 6.04. The summed E-state index contributed by atoms with van der Waals surface area (Å²) < 4.78 is 5.27. The van der Waals surface area contributed by atoms with E-state index < -0.39 is 0 Å². The molecule has 1 amide bonds. The van der Waals surface area contributed by atoms with Crippen molar-refractivity contribution in [3.05, 3.63) is 12.2 Å². The van der Waals surface area contributed by atoms with E-state index >= 15 is 0 Å². The molecule has 0 saturated carbocycles. The number of carbonyl (C=O) groups is 1. The minimum Gasteiger partial charge on any atom is -0.378 e.